The lowest BCUT2D eigenvalue weighted by Gasteiger charge is -2.07. The summed E-state index contributed by atoms with van der Waals surface area (Å²) in [5.74, 6) is -1.57. The fraction of sp³-hybridized carbons (Fsp3) is 0.400. The lowest BCUT2D eigenvalue weighted by molar-refractivity contribution is -0.140. The van der Waals surface area contributed by atoms with Crippen LogP contribution in [0.2, 0.25) is 0 Å². The van der Waals surface area contributed by atoms with E-state index in [9.17, 15) is 9.18 Å². The van der Waals surface area contributed by atoms with Crippen molar-refractivity contribution in [2.75, 3.05) is 6.61 Å². The standard InChI is InChI=1S/C15H19FO2/c1-3-13(14(16)15(17)18-4-2)11-10-12-8-6-5-7-9-12/h5-9H,3-4,10-11H2,1-2H3/b14-13-. The first-order valence-corrected chi connectivity index (χ1v) is 6.27. The van der Waals surface area contributed by atoms with Gasteiger partial charge in [-0.1, -0.05) is 37.3 Å². The maximum Gasteiger partial charge on any atom is 0.367 e. The van der Waals surface area contributed by atoms with Gasteiger partial charge in [0.25, 0.3) is 0 Å². The molecule has 0 aromatic heterocycles. The normalized spacial score (nSPS) is 11.9. The highest BCUT2D eigenvalue weighted by atomic mass is 19.1. The van der Waals surface area contributed by atoms with Gasteiger partial charge in [-0.05, 0) is 37.3 Å². The summed E-state index contributed by atoms with van der Waals surface area (Å²) in [6.07, 6.45) is 1.81. The molecule has 2 nitrogen and oxygen atoms in total. The van der Waals surface area contributed by atoms with Crippen molar-refractivity contribution < 1.29 is 13.9 Å². The number of esters is 1. The van der Waals surface area contributed by atoms with Gasteiger partial charge in [0.15, 0.2) is 0 Å². The molecule has 1 aromatic rings. The van der Waals surface area contributed by atoms with Crippen LogP contribution in [0.5, 0.6) is 0 Å². The molecule has 3 heteroatoms. The summed E-state index contributed by atoms with van der Waals surface area (Å²) in [7, 11) is 0. The number of carbonyl (C=O) groups is 1. The Morgan fingerprint density at radius 3 is 2.44 bits per heavy atom. The van der Waals surface area contributed by atoms with Gasteiger partial charge in [-0.3, -0.25) is 0 Å². The summed E-state index contributed by atoms with van der Waals surface area (Å²) in [6.45, 7) is 3.71. The second-order valence-corrected chi connectivity index (χ2v) is 3.98. The van der Waals surface area contributed by atoms with Gasteiger partial charge in [0.05, 0.1) is 6.61 Å². The summed E-state index contributed by atoms with van der Waals surface area (Å²) in [4.78, 5) is 11.3. The fourth-order valence-electron chi connectivity index (χ4n) is 1.72. The number of benzene rings is 1. The highest BCUT2D eigenvalue weighted by Gasteiger charge is 2.15. The number of ether oxygens (including phenoxy) is 1. The van der Waals surface area contributed by atoms with Crippen LogP contribution in [0.1, 0.15) is 32.3 Å². The molecule has 0 fully saturated rings. The number of aryl methyl sites for hydroxylation is 1. The first-order chi connectivity index (χ1) is 8.69. The number of allylic oxidation sites excluding steroid dienone is 1. The Labute approximate surface area is 107 Å². The lowest BCUT2D eigenvalue weighted by Crippen LogP contribution is -2.07. The molecule has 0 atom stereocenters. The molecule has 0 aliphatic carbocycles. The molecule has 0 unspecified atom stereocenters. The van der Waals surface area contributed by atoms with Crippen LogP contribution >= 0.6 is 0 Å². The van der Waals surface area contributed by atoms with Crippen molar-refractivity contribution >= 4 is 5.97 Å². The van der Waals surface area contributed by atoms with Crippen LogP contribution in [-0.2, 0) is 16.0 Å². The van der Waals surface area contributed by atoms with Gasteiger partial charge in [-0.2, -0.15) is 4.39 Å². The van der Waals surface area contributed by atoms with Crippen LogP contribution in [0.25, 0.3) is 0 Å². The average Bonchev–Trinajstić information content (AvgIpc) is 2.40. The number of rotatable bonds is 6. The number of hydrogen-bond donors (Lipinski definition) is 0. The van der Waals surface area contributed by atoms with Crippen LogP contribution in [-0.4, -0.2) is 12.6 Å². The van der Waals surface area contributed by atoms with E-state index in [1.54, 1.807) is 6.92 Å². The first-order valence-electron chi connectivity index (χ1n) is 6.27. The maximum atomic E-state index is 13.8. The molecule has 0 saturated heterocycles. The van der Waals surface area contributed by atoms with E-state index in [-0.39, 0.29) is 6.61 Å². The first kappa shape index (κ1) is 14.4. The number of carbonyl (C=O) groups excluding carboxylic acids is 1. The van der Waals surface area contributed by atoms with E-state index in [0.29, 0.717) is 18.4 Å². The summed E-state index contributed by atoms with van der Waals surface area (Å²) in [6, 6.07) is 9.84. The van der Waals surface area contributed by atoms with Crippen molar-refractivity contribution in [3.05, 3.63) is 47.3 Å². The minimum Gasteiger partial charge on any atom is -0.461 e. The zero-order valence-corrected chi connectivity index (χ0v) is 10.9. The minimum absolute atomic E-state index is 0.196. The van der Waals surface area contributed by atoms with E-state index in [1.165, 1.54) is 0 Å². The van der Waals surface area contributed by atoms with E-state index in [4.69, 9.17) is 0 Å². The van der Waals surface area contributed by atoms with Gasteiger partial charge in [-0.15, -0.1) is 0 Å². The van der Waals surface area contributed by atoms with Crippen molar-refractivity contribution in [1.29, 1.82) is 0 Å². The van der Waals surface area contributed by atoms with Gasteiger partial charge < -0.3 is 4.74 Å². The average molecular weight is 250 g/mol. The topological polar surface area (TPSA) is 26.3 Å². The van der Waals surface area contributed by atoms with Crippen LogP contribution in [0, 0.1) is 0 Å². The highest BCUT2D eigenvalue weighted by Crippen LogP contribution is 2.18. The summed E-state index contributed by atoms with van der Waals surface area (Å²) in [5.41, 5.74) is 1.66. The summed E-state index contributed by atoms with van der Waals surface area (Å²) in [5, 5.41) is 0. The highest BCUT2D eigenvalue weighted by molar-refractivity contribution is 5.86. The third-order valence-corrected chi connectivity index (χ3v) is 2.75. The maximum absolute atomic E-state index is 13.8. The predicted molar refractivity (Wildman–Crippen MR) is 69.8 cm³/mol. The zero-order valence-electron chi connectivity index (χ0n) is 10.9. The number of halogens is 1. The Hall–Kier alpha value is -1.64. The molecule has 0 spiro atoms. The van der Waals surface area contributed by atoms with Crippen LogP contribution in [0.15, 0.2) is 41.7 Å². The Kier molecular flexibility index (Phi) is 6.12. The Balaban J connectivity index is 2.66. The van der Waals surface area contributed by atoms with Crippen LogP contribution in [0.4, 0.5) is 4.39 Å². The third-order valence-electron chi connectivity index (χ3n) is 2.75. The zero-order chi connectivity index (χ0) is 13.4. The molecule has 98 valence electrons. The van der Waals surface area contributed by atoms with Crippen molar-refractivity contribution in [1.82, 2.24) is 0 Å². The van der Waals surface area contributed by atoms with Gasteiger partial charge in [-0.25, -0.2) is 4.79 Å². The second-order valence-electron chi connectivity index (χ2n) is 3.98. The van der Waals surface area contributed by atoms with Crippen molar-refractivity contribution in [2.45, 2.75) is 33.1 Å². The molecular formula is C15H19FO2. The predicted octanol–water partition coefficient (Wildman–Crippen LogP) is 3.82. The van der Waals surface area contributed by atoms with Crippen molar-refractivity contribution in [3.63, 3.8) is 0 Å². The molecule has 0 aliphatic rings. The van der Waals surface area contributed by atoms with Crippen LogP contribution < -0.4 is 0 Å². The molecule has 0 radical (unpaired) electrons. The van der Waals surface area contributed by atoms with Gasteiger partial charge in [0, 0.05) is 0 Å². The molecule has 1 aromatic carbocycles. The molecule has 0 saturated carbocycles. The third kappa shape index (κ3) is 4.32. The van der Waals surface area contributed by atoms with Crippen molar-refractivity contribution in [2.24, 2.45) is 0 Å². The summed E-state index contributed by atoms with van der Waals surface area (Å²) < 4.78 is 18.4. The van der Waals surface area contributed by atoms with E-state index in [2.05, 4.69) is 4.74 Å². The van der Waals surface area contributed by atoms with Crippen molar-refractivity contribution in [3.8, 4) is 0 Å². The van der Waals surface area contributed by atoms with Crippen LogP contribution in [0.3, 0.4) is 0 Å². The van der Waals surface area contributed by atoms with Gasteiger partial charge >= 0.3 is 5.97 Å². The van der Waals surface area contributed by atoms with E-state index >= 15 is 0 Å². The molecule has 0 aliphatic heterocycles. The Bertz CT molecular complexity index is 410. The smallest absolute Gasteiger partial charge is 0.367 e. The molecule has 0 N–H and O–H groups in total. The second kappa shape index (κ2) is 7.64. The number of hydrogen-bond acceptors (Lipinski definition) is 2. The Morgan fingerprint density at radius 2 is 1.89 bits per heavy atom. The monoisotopic (exact) mass is 250 g/mol. The molecule has 0 heterocycles. The van der Waals surface area contributed by atoms with E-state index in [0.717, 1.165) is 12.0 Å². The molecule has 0 amide bonds. The Morgan fingerprint density at radius 1 is 1.22 bits per heavy atom. The fourth-order valence-corrected chi connectivity index (χ4v) is 1.72. The largest absolute Gasteiger partial charge is 0.461 e. The molecule has 0 bridgehead atoms. The molecular weight excluding hydrogens is 231 g/mol. The van der Waals surface area contributed by atoms with E-state index in [1.807, 2.05) is 37.3 Å². The van der Waals surface area contributed by atoms with E-state index < -0.39 is 11.8 Å². The summed E-state index contributed by atoms with van der Waals surface area (Å²) >= 11 is 0. The minimum atomic E-state index is -0.845. The quantitative estimate of drug-likeness (QED) is 0.566. The lowest BCUT2D eigenvalue weighted by atomic mass is 10.0. The van der Waals surface area contributed by atoms with Gasteiger partial charge in [0.2, 0.25) is 5.83 Å². The molecule has 1 rings (SSSR count). The molecule has 18 heavy (non-hydrogen) atoms. The van der Waals surface area contributed by atoms with Gasteiger partial charge in [0.1, 0.15) is 0 Å². The SMILES string of the molecule is CCOC(=O)/C(F)=C(\CC)CCc1ccccc1.